The van der Waals surface area contributed by atoms with Crippen LogP contribution < -0.4 is 5.73 Å². The smallest absolute Gasteiger partial charge is 0.120 e. The van der Waals surface area contributed by atoms with Gasteiger partial charge in [0.1, 0.15) is 5.75 Å². The maximum Gasteiger partial charge on any atom is 0.120 e. The zero-order valence-electron chi connectivity index (χ0n) is 8.94. The minimum absolute atomic E-state index is 0. The molecule has 0 aliphatic rings. The first kappa shape index (κ1) is 14.0. The Bertz CT molecular complexity index is 325. The Morgan fingerprint density at radius 1 is 1.53 bits per heavy atom. The molecule has 0 radical (unpaired) electrons. The van der Waals surface area contributed by atoms with Crippen LogP contribution in [0.5, 0.6) is 5.75 Å². The normalized spacial score (nSPS) is 11.6. The lowest BCUT2D eigenvalue weighted by Crippen LogP contribution is -2.10. The Hall–Kier alpha value is -0.990. The average Bonchev–Trinajstić information content (AvgIpc) is 2.18. The van der Waals surface area contributed by atoms with Crippen molar-refractivity contribution in [3.63, 3.8) is 0 Å². The summed E-state index contributed by atoms with van der Waals surface area (Å²) in [5.41, 5.74) is 7.89. The SMILES string of the molecule is C=CCC[C@H](N)c1cc(C)ccc1O.Cl. The van der Waals surface area contributed by atoms with Crippen LogP contribution >= 0.6 is 12.4 Å². The first-order valence-electron chi connectivity index (χ1n) is 4.81. The van der Waals surface area contributed by atoms with Gasteiger partial charge in [-0.05, 0) is 25.8 Å². The second-order valence-electron chi connectivity index (χ2n) is 3.53. The van der Waals surface area contributed by atoms with E-state index in [0.29, 0.717) is 0 Å². The van der Waals surface area contributed by atoms with Crippen LogP contribution in [-0.4, -0.2) is 5.11 Å². The van der Waals surface area contributed by atoms with E-state index in [0.717, 1.165) is 24.0 Å². The van der Waals surface area contributed by atoms with Gasteiger partial charge in [0.05, 0.1) is 0 Å². The van der Waals surface area contributed by atoms with Gasteiger partial charge in [-0.1, -0.05) is 23.8 Å². The molecule has 0 fully saturated rings. The van der Waals surface area contributed by atoms with Crippen LogP contribution in [0.3, 0.4) is 0 Å². The molecular formula is C12H18ClNO. The molecular weight excluding hydrogens is 210 g/mol. The first-order valence-corrected chi connectivity index (χ1v) is 4.81. The lowest BCUT2D eigenvalue weighted by Gasteiger charge is -2.13. The summed E-state index contributed by atoms with van der Waals surface area (Å²) < 4.78 is 0. The number of phenols is 1. The lowest BCUT2D eigenvalue weighted by molar-refractivity contribution is 0.458. The number of rotatable bonds is 4. The number of aryl methyl sites for hydroxylation is 1. The van der Waals surface area contributed by atoms with Gasteiger partial charge in [-0.3, -0.25) is 0 Å². The highest BCUT2D eigenvalue weighted by Crippen LogP contribution is 2.26. The summed E-state index contributed by atoms with van der Waals surface area (Å²) in [6.07, 6.45) is 3.53. The van der Waals surface area contributed by atoms with Crippen LogP contribution in [0, 0.1) is 6.92 Å². The third kappa shape index (κ3) is 3.94. The molecule has 1 atom stereocenters. The first-order chi connectivity index (χ1) is 6.65. The Kier molecular flexibility index (Phi) is 6.06. The van der Waals surface area contributed by atoms with Crippen molar-refractivity contribution in [2.45, 2.75) is 25.8 Å². The molecule has 0 aliphatic carbocycles. The Morgan fingerprint density at radius 3 is 2.80 bits per heavy atom. The molecule has 3 heteroatoms. The molecule has 1 aromatic carbocycles. The summed E-state index contributed by atoms with van der Waals surface area (Å²) in [6, 6.07) is 5.40. The number of benzene rings is 1. The van der Waals surface area contributed by atoms with E-state index in [4.69, 9.17) is 5.73 Å². The lowest BCUT2D eigenvalue weighted by atomic mass is 10.00. The molecule has 0 saturated carbocycles. The van der Waals surface area contributed by atoms with Crippen LogP contribution in [0.15, 0.2) is 30.9 Å². The van der Waals surface area contributed by atoms with Gasteiger partial charge in [0.2, 0.25) is 0 Å². The molecule has 0 unspecified atom stereocenters. The van der Waals surface area contributed by atoms with Gasteiger partial charge >= 0.3 is 0 Å². The number of hydrogen-bond donors (Lipinski definition) is 2. The quantitative estimate of drug-likeness (QED) is 0.777. The second kappa shape index (κ2) is 6.49. The second-order valence-corrected chi connectivity index (χ2v) is 3.53. The number of allylic oxidation sites excluding steroid dienone is 1. The molecule has 84 valence electrons. The summed E-state index contributed by atoms with van der Waals surface area (Å²) in [5, 5.41) is 9.60. The molecule has 2 nitrogen and oxygen atoms in total. The van der Waals surface area contributed by atoms with Gasteiger partial charge in [-0.25, -0.2) is 0 Å². The molecule has 0 spiro atoms. The zero-order chi connectivity index (χ0) is 10.6. The van der Waals surface area contributed by atoms with E-state index in [2.05, 4.69) is 6.58 Å². The van der Waals surface area contributed by atoms with Gasteiger partial charge < -0.3 is 10.8 Å². The molecule has 0 aromatic heterocycles. The number of phenolic OH excluding ortho intramolecular Hbond substituents is 1. The van der Waals surface area contributed by atoms with Crippen molar-refractivity contribution in [1.82, 2.24) is 0 Å². The maximum atomic E-state index is 9.60. The molecule has 0 amide bonds. The van der Waals surface area contributed by atoms with E-state index in [1.165, 1.54) is 0 Å². The van der Waals surface area contributed by atoms with Crippen molar-refractivity contribution >= 4 is 12.4 Å². The van der Waals surface area contributed by atoms with Gasteiger partial charge in [0.15, 0.2) is 0 Å². The van der Waals surface area contributed by atoms with Gasteiger partial charge in [-0.2, -0.15) is 0 Å². The topological polar surface area (TPSA) is 46.2 Å². The maximum absolute atomic E-state index is 9.60. The Balaban J connectivity index is 0.00000196. The summed E-state index contributed by atoms with van der Waals surface area (Å²) in [4.78, 5) is 0. The fourth-order valence-corrected chi connectivity index (χ4v) is 1.42. The van der Waals surface area contributed by atoms with Gasteiger partial charge in [0, 0.05) is 11.6 Å². The number of halogens is 1. The molecule has 0 saturated heterocycles. The predicted octanol–water partition coefficient (Wildman–Crippen LogP) is 3.09. The molecule has 0 bridgehead atoms. The van der Waals surface area contributed by atoms with Crippen molar-refractivity contribution in [2.75, 3.05) is 0 Å². The van der Waals surface area contributed by atoms with Crippen molar-refractivity contribution in [2.24, 2.45) is 5.73 Å². The van der Waals surface area contributed by atoms with E-state index in [-0.39, 0.29) is 24.2 Å². The minimum atomic E-state index is -0.104. The van der Waals surface area contributed by atoms with E-state index in [1.807, 2.05) is 25.1 Å². The summed E-state index contributed by atoms with van der Waals surface area (Å²) in [7, 11) is 0. The highest BCUT2D eigenvalue weighted by atomic mass is 35.5. The summed E-state index contributed by atoms with van der Waals surface area (Å²) >= 11 is 0. The fraction of sp³-hybridized carbons (Fsp3) is 0.333. The zero-order valence-corrected chi connectivity index (χ0v) is 9.76. The molecule has 1 aromatic rings. The van der Waals surface area contributed by atoms with Gasteiger partial charge in [0.25, 0.3) is 0 Å². The largest absolute Gasteiger partial charge is 0.508 e. The summed E-state index contributed by atoms with van der Waals surface area (Å²) in [6.45, 7) is 5.64. The highest BCUT2D eigenvalue weighted by molar-refractivity contribution is 5.85. The molecule has 0 heterocycles. The standard InChI is InChI=1S/C12H17NO.ClH/c1-3-4-5-11(13)10-8-9(2)6-7-12(10)14;/h3,6-8,11,14H,1,4-5,13H2,2H3;1H/t11-;/m0./s1. The highest BCUT2D eigenvalue weighted by Gasteiger charge is 2.09. The van der Waals surface area contributed by atoms with Crippen molar-refractivity contribution in [1.29, 1.82) is 0 Å². The predicted molar refractivity (Wildman–Crippen MR) is 66.5 cm³/mol. The van der Waals surface area contributed by atoms with Crippen LogP contribution in [-0.2, 0) is 0 Å². The molecule has 0 aliphatic heterocycles. The minimum Gasteiger partial charge on any atom is -0.508 e. The van der Waals surface area contributed by atoms with E-state index in [9.17, 15) is 5.11 Å². The monoisotopic (exact) mass is 227 g/mol. The number of aromatic hydroxyl groups is 1. The third-order valence-corrected chi connectivity index (χ3v) is 2.26. The number of hydrogen-bond acceptors (Lipinski definition) is 2. The van der Waals surface area contributed by atoms with E-state index in [1.54, 1.807) is 6.07 Å². The Labute approximate surface area is 97.2 Å². The average molecular weight is 228 g/mol. The van der Waals surface area contributed by atoms with Crippen LogP contribution in [0.25, 0.3) is 0 Å². The van der Waals surface area contributed by atoms with Crippen molar-refractivity contribution in [3.05, 3.63) is 42.0 Å². The summed E-state index contributed by atoms with van der Waals surface area (Å²) in [5.74, 6) is 0.284. The van der Waals surface area contributed by atoms with E-state index < -0.39 is 0 Å². The third-order valence-electron chi connectivity index (χ3n) is 2.26. The molecule has 1 rings (SSSR count). The fourth-order valence-electron chi connectivity index (χ4n) is 1.42. The van der Waals surface area contributed by atoms with E-state index >= 15 is 0 Å². The Morgan fingerprint density at radius 2 is 2.20 bits per heavy atom. The molecule has 3 N–H and O–H groups in total. The van der Waals surface area contributed by atoms with Gasteiger partial charge in [-0.15, -0.1) is 19.0 Å². The molecule has 15 heavy (non-hydrogen) atoms. The van der Waals surface area contributed by atoms with Crippen LogP contribution in [0.1, 0.15) is 30.0 Å². The van der Waals surface area contributed by atoms with Crippen LogP contribution in [0.2, 0.25) is 0 Å². The van der Waals surface area contributed by atoms with Crippen molar-refractivity contribution in [3.8, 4) is 5.75 Å². The van der Waals surface area contributed by atoms with Crippen molar-refractivity contribution < 1.29 is 5.11 Å². The number of nitrogens with two attached hydrogens (primary N) is 1. The van der Waals surface area contributed by atoms with Crippen LogP contribution in [0.4, 0.5) is 0 Å².